The summed E-state index contributed by atoms with van der Waals surface area (Å²) in [5.41, 5.74) is 0.587. The van der Waals surface area contributed by atoms with Crippen LogP contribution < -0.4 is 9.46 Å². The predicted molar refractivity (Wildman–Crippen MR) is 69.6 cm³/mol. The maximum Gasteiger partial charge on any atom is 0.283 e. The van der Waals surface area contributed by atoms with E-state index in [1.54, 1.807) is 18.6 Å². The molecule has 0 saturated carbocycles. The average molecular weight is 309 g/mol. The molecular weight excluding hydrogens is 292 g/mol. The summed E-state index contributed by atoms with van der Waals surface area (Å²) in [5, 5.41) is 8.40. The summed E-state index contributed by atoms with van der Waals surface area (Å²) >= 11 is 0. The molecule has 0 aliphatic heterocycles. The Bertz CT molecular complexity index is 561. The van der Waals surface area contributed by atoms with Gasteiger partial charge in [0.05, 0.1) is 18.0 Å². The third-order valence-corrected chi connectivity index (χ3v) is 3.91. The standard InChI is InChI=1S/C12H17F2NO4S/c1-3-19-11-5-4-10(6-9(11)2)20(17,18)15-7-12(13,14)8-16/h4-6,15-16H,3,7-8H2,1-2H3. The Morgan fingerprint density at radius 1 is 1.40 bits per heavy atom. The SMILES string of the molecule is CCOc1ccc(S(=O)(=O)NCC(F)(F)CO)cc1C. The van der Waals surface area contributed by atoms with E-state index in [0.29, 0.717) is 17.9 Å². The van der Waals surface area contributed by atoms with Crippen molar-refractivity contribution in [2.75, 3.05) is 19.8 Å². The number of aliphatic hydroxyl groups is 1. The van der Waals surface area contributed by atoms with Gasteiger partial charge < -0.3 is 9.84 Å². The van der Waals surface area contributed by atoms with Crippen LogP contribution in [0.25, 0.3) is 0 Å². The van der Waals surface area contributed by atoms with Gasteiger partial charge in [0.25, 0.3) is 5.92 Å². The molecule has 0 aromatic heterocycles. The maximum atomic E-state index is 12.8. The third-order valence-electron chi connectivity index (χ3n) is 2.51. The Hall–Kier alpha value is -1.25. The van der Waals surface area contributed by atoms with Gasteiger partial charge in [-0.1, -0.05) is 0 Å². The first kappa shape index (κ1) is 16.8. The van der Waals surface area contributed by atoms with Gasteiger partial charge in [-0.3, -0.25) is 0 Å². The van der Waals surface area contributed by atoms with Gasteiger partial charge >= 0.3 is 0 Å². The number of rotatable bonds is 7. The van der Waals surface area contributed by atoms with E-state index < -0.39 is 29.1 Å². The van der Waals surface area contributed by atoms with Gasteiger partial charge in [-0.25, -0.2) is 21.9 Å². The second kappa shape index (κ2) is 6.47. The lowest BCUT2D eigenvalue weighted by Gasteiger charge is -2.15. The zero-order chi connectivity index (χ0) is 15.4. The number of halogens is 2. The van der Waals surface area contributed by atoms with Crippen LogP contribution in [0.4, 0.5) is 8.78 Å². The van der Waals surface area contributed by atoms with Gasteiger partial charge in [0, 0.05) is 0 Å². The van der Waals surface area contributed by atoms with Gasteiger partial charge in [-0.05, 0) is 37.6 Å². The van der Waals surface area contributed by atoms with Crippen molar-refractivity contribution in [3.63, 3.8) is 0 Å². The second-order valence-corrected chi connectivity index (χ2v) is 5.97. The molecule has 0 amide bonds. The molecule has 2 N–H and O–H groups in total. The number of hydrogen-bond acceptors (Lipinski definition) is 4. The fraction of sp³-hybridized carbons (Fsp3) is 0.500. The van der Waals surface area contributed by atoms with E-state index in [0.717, 1.165) is 0 Å². The van der Waals surface area contributed by atoms with E-state index in [4.69, 9.17) is 9.84 Å². The van der Waals surface area contributed by atoms with Crippen LogP contribution in [-0.4, -0.2) is 39.2 Å². The summed E-state index contributed by atoms with van der Waals surface area (Å²) in [6, 6.07) is 4.08. The summed E-state index contributed by atoms with van der Waals surface area (Å²) in [7, 11) is -4.05. The van der Waals surface area contributed by atoms with Crippen LogP contribution in [0.1, 0.15) is 12.5 Å². The molecule has 114 valence electrons. The highest BCUT2D eigenvalue weighted by Crippen LogP contribution is 2.22. The molecule has 0 atom stereocenters. The largest absolute Gasteiger partial charge is 0.494 e. The monoisotopic (exact) mass is 309 g/mol. The number of benzene rings is 1. The van der Waals surface area contributed by atoms with Crippen LogP contribution in [-0.2, 0) is 10.0 Å². The molecule has 0 unspecified atom stereocenters. The first-order chi connectivity index (χ1) is 9.22. The minimum absolute atomic E-state index is 0.132. The summed E-state index contributed by atoms with van der Waals surface area (Å²) in [5.74, 6) is -2.96. The van der Waals surface area contributed by atoms with Gasteiger partial charge in [-0.2, -0.15) is 0 Å². The minimum atomic E-state index is -4.05. The molecule has 0 radical (unpaired) electrons. The minimum Gasteiger partial charge on any atom is -0.494 e. The molecule has 1 aromatic rings. The third kappa shape index (κ3) is 4.39. The summed E-state index contributed by atoms with van der Waals surface area (Å²) < 4.78 is 56.4. The van der Waals surface area contributed by atoms with Crippen LogP contribution in [0.2, 0.25) is 0 Å². The lowest BCUT2D eigenvalue weighted by molar-refractivity contribution is -0.0437. The normalized spacial score (nSPS) is 12.4. The molecule has 8 heteroatoms. The quantitative estimate of drug-likeness (QED) is 0.796. The lowest BCUT2D eigenvalue weighted by Crippen LogP contribution is -2.38. The van der Waals surface area contributed by atoms with Crippen LogP contribution >= 0.6 is 0 Å². The van der Waals surface area contributed by atoms with E-state index in [9.17, 15) is 17.2 Å². The zero-order valence-corrected chi connectivity index (χ0v) is 12.0. The van der Waals surface area contributed by atoms with Crippen molar-refractivity contribution in [3.8, 4) is 5.75 Å². The number of nitrogens with one attached hydrogen (secondary N) is 1. The molecule has 0 aliphatic rings. The van der Waals surface area contributed by atoms with Crippen LogP contribution in [0.15, 0.2) is 23.1 Å². The average Bonchev–Trinajstić information content (AvgIpc) is 2.39. The molecular formula is C12H17F2NO4S. The Morgan fingerprint density at radius 2 is 2.05 bits per heavy atom. The molecule has 0 spiro atoms. The second-order valence-electron chi connectivity index (χ2n) is 4.20. The molecule has 0 saturated heterocycles. The molecule has 1 rings (SSSR count). The lowest BCUT2D eigenvalue weighted by atomic mass is 10.2. The molecule has 0 fully saturated rings. The van der Waals surface area contributed by atoms with E-state index in [2.05, 4.69) is 0 Å². The van der Waals surface area contributed by atoms with Gasteiger partial charge in [0.1, 0.15) is 12.4 Å². The topological polar surface area (TPSA) is 75.6 Å². The number of alkyl halides is 2. The van der Waals surface area contributed by atoms with E-state index >= 15 is 0 Å². The highest BCUT2D eigenvalue weighted by molar-refractivity contribution is 7.89. The molecule has 20 heavy (non-hydrogen) atoms. The first-order valence-corrected chi connectivity index (χ1v) is 7.42. The van der Waals surface area contributed by atoms with Crippen molar-refractivity contribution in [1.29, 1.82) is 0 Å². The van der Waals surface area contributed by atoms with Crippen molar-refractivity contribution >= 4 is 10.0 Å². The van der Waals surface area contributed by atoms with Crippen molar-refractivity contribution in [2.24, 2.45) is 0 Å². The van der Waals surface area contributed by atoms with Gasteiger partial charge in [0.2, 0.25) is 10.0 Å². The van der Waals surface area contributed by atoms with Crippen LogP contribution in [0.5, 0.6) is 5.75 Å². The van der Waals surface area contributed by atoms with E-state index in [1.165, 1.54) is 18.2 Å². The Balaban J connectivity index is 2.91. The molecule has 1 aromatic carbocycles. The number of aryl methyl sites for hydroxylation is 1. The Kier molecular flexibility index (Phi) is 5.43. The van der Waals surface area contributed by atoms with E-state index in [-0.39, 0.29) is 4.90 Å². The fourth-order valence-electron chi connectivity index (χ4n) is 1.45. The smallest absolute Gasteiger partial charge is 0.283 e. The number of ether oxygens (including phenoxy) is 1. The highest BCUT2D eigenvalue weighted by Gasteiger charge is 2.30. The summed E-state index contributed by atoms with van der Waals surface area (Å²) in [4.78, 5) is -0.132. The molecule has 0 bridgehead atoms. The summed E-state index contributed by atoms with van der Waals surface area (Å²) in [6.07, 6.45) is 0. The van der Waals surface area contributed by atoms with Crippen molar-refractivity contribution < 1.29 is 27.0 Å². The maximum absolute atomic E-state index is 12.8. The van der Waals surface area contributed by atoms with Crippen LogP contribution in [0, 0.1) is 6.92 Å². The Morgan fingerprint density at radius 3 is 2.55 bits per heavy atom. The summed E-state index contributed by atoms with van der Waals surface area (Å²) in [6.45, 7) is 1.32. The molecule has 0 heterocycles. The fourth-order valence-corrected chi connectivity index (χ4v) is 2.59. The predicted octanol–water partition coefficient (Wildman–Crippen LogP) is 1.30. The zero-order valence-electron chi connectivity index (χ0n) is 11.2. The van der Waals surface area contributed by atoms with Crippen molar-refractivity contribution in [1.82, 2.24) is 4.72 Å². The Labute approximate surface area is 116 Å². The van der Waals surface area contributed by atoms with E-state index in [1.807, 2.05) is 0 Å². The van der Waals surface area contributed by atoms with Gasteiger partial charge in [-0.15, -0.1) is 0 Å². The molecule has 0 aliphatic carbocycles. The van der Waals surface area contributed by atoms with Crippen molar-refractivity contribution in [3.05, 3.63) is 23.8 Å². The van der Waals surface area contributed by atoms with Gasteiger partial charge in [0.15, 0.2) is 0 Å². The number of aliphatic hydroxyl groups excluding tert-OH is 1. The first-order valence-electron chi connectivity index (χ1n) is 5.93. The van der Waals surface area contributed by atoms with Crippen LogP contribution in [0.3, 0.4) is 0 Å². The number of hydrogen-bond donors (Lipinski definition) is 2. The van der Waals surface area contributed by atoms with Crippen molar-refractivity contribution in [2.45, 2.75) is 24.7 Å². The highest BCUT2D eigenvalue weighted by atomic mass is 32.2. The number of sulfonamides is 1. The molecule has 5 nitrogen and oxygen atoms in total.